The zero-order chi connectivity index (χ0) is 24.9. The van der Waals surface area contributed by atoms with Crippen molar-refractivity contribution in [2.24, 2.45) is 0 Å². The monoisotopic (exact) mass is 504 g/mol. The number of nitrogens with zero attached hydrogens (tertiary/aromatic N) is 3. The van der Waals surface area contributed by atoms with Crippen molar-refractivity contribution in [3.63, 3.8) is 0 Å². The SMILES string of the molecule is Cc1nn(C2CCS(=O)(=O)C2)c2nc(-c3ccccc3)cc(C(=O)NCc3ccc4c(c3)OCO4)c12. The van der Waals surface area contributed by atoms with Gasteiger partial charge in [0.2, 0.25) is 6.79 Å². The molecule has 184 valence electrons. The van der Waals surface area contributed by atoms with E-state index in [2.05, 4.69) is 10.4 Å². The highest BCUT2D eigenvalue weighted by Crippen LogP contribution is 2.34. The standard InChI is InChI=1S/C26H24N4O5S/c1-16-24-20(26(31)27-13-17-7-8-22-23(11-17)35-15-34-22)12-21(18-5-3-2-4-6-18)28-25(24)30(29-16)19-9-10-36(32,33)14-19/h2-8,11-12,19H,9-10,13-15H2,1H3,(H,27,31). The number of ether oxygens (including phenoxy) is 2. The first-order chi connectivity index (χ1) is 17.4. The first kappa shape index (κ1) is 22.5. The number of nitrogens with one attached hydrogen (secondary N) is 1. The second-order valence-corrected chi connectivity index (χ2v) is 11.3. The fourth-order valence-electron chi connectivity index (χ4n) is 4.80. The molecule has 0 radical (unpaired) electrons. The van der Waals surface area contributed by atoms with Gasteiger partial charge in [0.15, 0.2) is 27.0 Å². The molecule has 9 nitrogen and oxygen atoms in total. The van der Waals surface area contributed by atoms with Crippen LogP contribution in [0, 0.1) is 6.92 Å². The molecular formula is C26H24N4O5S. The quantitative estimate of drug-likeness (QED) is 0.443. The van der Waals surface area contributed by atoms with E-state index in [4.69, 9.17) is 14.5 Å². The van der Waals surface area contributed by atoms with Crippen LogP contribution in [0.1, 0.15) is 34.1 Å². The van der Waals surface area contributed by atoms with Crippen LogP contribution in [0.4, 0.5) is 0 Å². The second kappa shape index (κ2) is 8.63. The number of amides is 1. The molecule has 1 atom stereocenters. The Morgan fingerprint density at radius 3 is 2.69 bits per heavy atom. The van der Waals surface area contributed by atoms with Gasteiger partial charge in [-0.2, -0.15) is 5.10 Å². The summed E-state index contributed by atoms with van der Waals surface area (Å²) < 4.78 is 36.8. The molecule has 2 aliphatic rings. The molecule has 1 saturated heterocycles. The number of hydrogen-bond donors (Lipinski definition) is 1. The van der Waals surface area contributed by atoms with Crippen molar-refractivity contribution in [2.75, 3.05) is 18.3 Å². The van der Waals surface area contributed by atoms with Gasteiger partial charge in [0, 0.05) is 12.1 Å². The smallest absolute Gasteiger partial charge is 0.252 e. The average Bonchev–Trinajstić information content (AvgIpc) is 3.59. The molecule has 2 aliphatic heterocycles. The van der Waals surface area contributed by atoms with Crippen LogP contribution in [-0.4, -0.2) is 47.4 Å². The number of sulfone groups is 1. The van der Waals surface area contributed by atoms with E-state index in [1.165, 1.54) is 0 Å². The number of rotatable bonds is 5. The fourth-order valence-corrected chi connectivity index (χ4v) is 6.49. The Hall–Kier alpha value is -3.92. The summed E-state index contributed by atoms with van der Waals surface area (Å²) in [5, 5.41) is 8.28. The summed E-state index contributed by atoms with van der Waals surface area (Å²) in [5.41, 5.74) is 3.96. The summed E-state index contributed by atoms with van der Waals surface area (Å²) in [5.74, 6) is 1.22. The normalized spacial score (nSPS) is 18.0. The van der Waals surface area contributed by atoms with Crippen LogP contribution in [0.15, 0.2) is 54.6 Å². The summed E-state index contributed by atoms with van der Waals surface area (Å²) in [6.45, 7) is 2.31. The lowest BCUT2D eigenvalue weighted by atomic mass is 10.0. The van der Waals surface area contributed by atoms with E-state index in [0.29, 0.717) is 52.4 Å². The molecular weight excluding hydrogens is 480 g/mol. The number of aryl methyl sites for hydroxylation is 1. The van der Waals surface area contributed by atoms with E-state index in [1.54, 1.807) is 10.7 Å². The molecule has 0 spiro atoms. The first-order valence-corrected chi connectivity index (χ1v) is 13.5. The Bertz CT molecular complexity index is 1600. The Morgan fingerprint density at radius 1 is 1.11 bits per heavy atom. The number of aromatic nitrogens is 3. The van der Waals surface area contributed by atoms with E-state index in [-0.39, 0.29) is 30.2 Å². The molecule has 10 heteroatoms. The number of carbonyl (C=O) groups is 1. The number of hydrogen-bond acceptors (Lipinski definition) is 7. The molecule has 1 unspecified atom stereocenters. The van der Waals surface area contributed by atoms with Gasteiger partial charge in [-0.05, 0) is 37.1 Å². The summed E-state index contributed by atoms with van der Waals surface area (Å²) in [7, 11) is -3.12. The molecule has 2 aromatic heterocycles. The number of fused-ring (bicyclic) bond motifs is 2. The lowest BCUT2D eigenvalue weighted by molar-refractivity contribution is 0.0952. The molecule has 1 N–H and O–H groups in total. The summed E-state index contributed by atoms with van der Waals surface area (Å²) in [6.07, 6.45) is 0.474. The molecule has 1 fully saturated rings. The third-order valence-electron chi connectivity index (χ3n) is 6.60. The number of carbonyl (C=O) groups excluding carboxylic acids is 1. The predicted molar refractivity (Wildman–Crippen MR) is 134 cm³/mol. The van der Waals surface area contributed by atoms with Crippen molar-refractivity contribution in [3.8, 4) is 22.8 Å². The molecule has 0 saturated carbocycles. The van der Waals surface area contributed by atoms with Crippen molar-refractivity contribution >= 4 is 26.8 Å². The van der Waals surface area contributed by atoms with Crippen molar-refractivity contribution in [3.05, 3.63) is 71.4 Å². The Kier molecular flexibility index (Phi) is 5.40. The fraction of sp³-hybridized carbons (Fsp3) is 0.269. The largest absolute Gasteiger partial charge is 0.454 e. The molecule has 6 rings (SSSR count). The van der Waals surface area contributed by atoms with Gasteiger partial charge >= 0.3 is 0 Å². The maximum atomic E-state index is 13.5. The van der Waals surface area contributed by atoms with E-state index >= 15 is 0 Å². The maximum absolute atomic E-state index is 13.5. The molecule has 4 heterocycles. The van der Waals surface area contributed by atoms with Crippen molar-refractivity contribution in [2.45, 2.75) is 25.9 Å². The zero-order valence-corrected chi connectivity index (χ0v) is 20.4. The van der Waals surface area contributed by atoms with Crippen molar-refractivity contribution in [1.29, 1.82) is 0 Å². The van der Waals surface area contributed by atoms with Crippen molar-refractivity contribution < 1.29 is 22.7 Å². The number of pyridine rings is 1. The highest BCUT2D eigenvalue weighted by molar-refractivity contribution is 7.91. The highest BCUT2D eigenvalue weighted by atomic mass is 32.2. The zero-order valence-electron chi connectivity index (χ0n) is 19.6. The van der Waals surface area contributed by atoms with Crippen LogP contribution in [0.5, 0.6) is 11.5 Å². The molecule has 0 bridgehead atoms. The summed E-state index contributed by atoms with van der Waals surface area (Å²) >= 11 is 0. The minimum absolute atomic E-state index is 0.0199. The number of benzene rings is 2. The van der Waals surface area contributed by atoms with Gasteiger partial charge in [0.1, 0.15) is 0 Å². The molecule has 36 heavy (non-hydrogen) atoms. The predicted octanol–water partition coefficient (Wildman–Crippen LogP) is 3.43. The van der Waals surface area contributed by atoms with E-state index in [1.807, 2.05) is 55.5 Å². The third kappa shape index (κ3) is 4.07. The summed E-state index contributed by atoms with van der Waals surface area (Å²) in [6, 6.07) is 16.6. The van der Waals surface area contributed by atoms with Crippen LogP contribution >= 0.6 is 0 Å². The van der Waals surface area contributed by atoms with Gasteiger partial charge in [-0.15, -0.1) is 0 Å². The van der Waals surface area contributed by atoms with Crippen molar-refractivity contribution in [1.82, 2.24) is 20.1 Å². The van der Waals surface area contributed by atoms with Crippen LogP contribution in [0.3, 0.4) is 0 Å². The van der Waals surface area contributed by atoms with Gasteiger partial charge in [-0.3, -0.25) is 4.79 Å². The van der Waals surface area contributed by atoms with Crippen LogP contribution in [0.2, 0.25) is 0 Å². The minimum atomic E-state index is -3.12. The summed E-state index contributed by atoms with van der Waals surface area (Å²) in [4.78, 5) is 18.4. The highest BCUT2D eigenvalue weighted by Gasteiger charge is 2.32. The van der Waals surface area contributed by atoms with E-state index < -0.39 is 9.84 Å². The lowest BCUT2D eigenvalue weighted by Gasteiger charge is -2.12. The third-order valence-corrected chi connectivity index (χ3v) is 8.35. The van der Waals surface area contributed by atoms with Gasteiger partial charge < -0.3 is 14.8 Å². The van der Waals surface area contributed by atoms with E-state index in [9.17, 15) is 13.2 Å². The molecule has 4 aromatic rings. The van der Waals surface area contributed by atoms with Gasteiger partial charge in [0.05, 0.1) is 39.9 Å². The van der Waals surface area contributed by atoms with Crippen LogP contribution in [0.25, 0.3) is 22.3 Å². The Balaban J connectivity index is 1.40. The van der Waals surface area contributed by atoms with E-state index in [0.717, 1.165) is 11.1 Å². The Morgan fingerprint density at radius 2 is 1.92 bits per heavy atom. The lowest BCUT2D eigenvalue weighted by Crippen LogP contribution is -2.23. The van der Waals surface area contributed by atoms with Gasteiger partial charge in [-0.1, -0.05) is 36.4 Å². The van der Waals surface area contributed by atoms with Crippen LogP contribution in [-0.2, 0) is 16.4 Å². The molecule has 0 aliphatic carbocycles. The topological polar surface area (TPSA) is 112 Å². The minimum Gasteiger partial charge on any atom is -0.454 e. The first-order valence-electron chi connectivity index (χ1n) is 11.7. The molecule has 2 aromatic carbocycles. The Labute approximate surface area is 208 Å². The second-order valence-electron chi connectivity index (χ2n) is 9.08. The van der Waals surface area contributed by atoms with Crippen LogP contribution < -0.4 is 14.8 Å². The average molecular weight is 505 g/mol. The van der Waals surface area contributed by atoms with Gasteiger partial charge in [-0.25, -0.2) is 18.1 Å². The maximum Gasteiger partial charge on any atom is 0.252 e. The van der Waals surface area contributed by atoms with Gasteiger partial charge in [0.25, 0.3) is 5.91 Å². The molecule has 1 amide bonds.